The van der Waals surface area contributed by atoms with Crippen molar-refractivity contribution in [3.8, 4) is 0 Å². The summed E-state index contributed by atoms with van der Waals surface area (Å²) in [6.07, 6.45) is 0.311. The molecule has 4 heteroatoms. The number of carbonyl (C=O) groups is 2. The Balaban J connectivity index is 1.80. The maximum Gasteiger partial charge on any atom is 0.220 e. The van der Waals surface area contributed by atoms with Crippen molar-refractivity contribution in [1.29, 1.82) is 0 Å². The summed E-state index contributed by atoms with van der Waals surface area (Å²) in [4.78, 5) is 24.1. The van der Waals surface area contributed by atoms with Crippen LogP contribution in [0.1, 0.15) is 55.1 Å². The van der Waals surface area contributed by atoms with Gasteiger partial charge >= 0.3 is 0 Å². The van der Waals surface area contributed by atoms with E-state index in [0.717, 1.165) is 5.56 Å². The molecule has 0 saturated carbocycles. The number of halogens is 1. The lowest BCUT2D eigenvalue weighted by molar-refractivity contribution is -0.121. The van der Waals surface area contributed by atoms with Crippen molar-refractivity contribution in [2.75, 3.05) is 0 Å². The molecule has 132 valence electrons. The molecule has 1 N–H and O–H groups in total. The molecule has 0 aliphatic heterocycles. The van der Waals surface area contributed by atoms with Gasteiger partial charge in [-0.1, -0.05) is 57.2 Å². The van der Waals surface area contributed by atoms with E-state index >= 15 is 0 Å². The van der Waals surface area contributed by atoms with Gasteiger partial charge in [0, 0.05) is 24.9 Å². The van der Waals surface area contributed by atoms with Crippen molar-refractivity contribution >= 4 is 11.7 Å². The number of hydrogen-bond acceptors (Lipinski definition) is 2. The third-order valence-corrected chi connectivity index (χ3v) is 4.05. The number of hydrogen-bond donors (Lipinski definition) is 1. The van der Waals surface area contributed by atoms with Gasteiger partial charge in [0.2, 0.25) is 5.91 Å². The molecule has 3 nitrogen and oxygen atoms in total. The quantitative estimate of drug-likeness (QED) is 0.792. The van der Waals surface area contributed by atoms with Crippen molar-refractivity contribution < 1.29 is 14.0 Å². The highest BCUT2D eigenvalue weighted by molar-refractivity contribution is 5.98. The fraction of sp³-hybridized carbons (Fsp3) is 0.333. The van der Waals surface area contributed by atoms with E-state index in [2.05, 4.69) is 26.1 Å². The molecule has 2 aromatic rings. The van der Waals surface area contributed by atoms with Crippen molar-refractivity contribution in [2.45, 2.75) is 45.6 Å². The van der Waals surface area contributed by atoms with E-state index in [0.29, 0.717) is 12.1 Å². The van der Waals surface area contributed by atoms with E-state index in [4.69, 9.17) is 0 Å². The fourth-order valence-corrected chi connectivity index (χ4v) is 2.42. The lowest BCUT2D eigenvalue weighted by Crippen LogP contribution is -2.23. The number of nitrogens with one attached hydrogen (secondary N) is 1. The van der Waals surface area contributed by atoms with Crippen LogP contribution in [0.4, 0.5) is 4.39 Å². The Morgan fingerprint density at radius 3 is 2.08 bits per heavy atom. The molecular formula is C21H24FNO2. The second-order valence-electron chi connectivity index (χ2n) is 7.15. The number of benzene rings is 2. The highest BCUT2D eigenvalue weighted by Crippen LogP contribution is 2.22. The topological polar surface area (TPSA) is 46.2 Å². The van der Waals surface area contributed by atoms with Crippen molar-refractivity contribution in [2.24, 2.45) is 0 Å². The minimum atomic E-state index is -0.307. The largest absolute Gasteiger partial charge is 0.352 e. The van der Waals surface area contributed by atoms with Crippen LogP contribution < -0.4 is 5.32 Å². The van der Waals surface area contributed by atoms with E-state index in [9.17, 15) is 14.0 Å². The van der Waals surface area contributed by atoms with Crippen LogP contribution in [0.25, 0.3) is 0 Å². The Bertz CT molecular complexity index is 728. The molecule has 2 aromatic carbocycles. The molecule has 0 radical (unpaired) electrons. The van der Waals surface area contributed by atoms with Crippen LogP contribution in [-0.4, -0.2) is 11.7 Å². The van der Waals surface area contributed by atoms with Gasteiger partial charge < -0.3 is 5.32 Å². The smallest absolute Gasteiger partial charge is 0.220 e. The Morgan fingerprint density at radius 1 is 0.920 bits per heavy atom. The van der Waals surface area contributed by atoms with Crippen molar-refractivity contribution in [3.05, 3.63) is 71.0 Å². The molecular weight excluding hydrogens is 317 g/mol. The van der Waals surface area contributed by atoms with Crippen LogP contribution >= 0.6 is 0 Å². The average molecular weight is 341 g/mol. The standard InChI is InChI=1S/C21H24FNO2/c1-21(2,3)17-8-6-16(7-9-17)19(24)12-13-20(25)23-14-15-4-10-18(22)11-5-15/h4-11H,12-14H2,1-3H3,(H,23,25). The van der Waals surface area contributed by atoms with Gasteiger partial charge in [-0.2, -0.15) is 0 Å². The monoisotopic (exact) mass is 341 g/mol. The fourth-order valence-electron chi connectivity index (χ4n) is 2.42. The highest BCUT2D eigenvalue weighted by Gasteiger charge is 2.14. The Morgan fingerprint density at radius 2 is 1.52 bits per heavy atom. The third kappa shape index (κ3) is 5.82. The van der Waals surface area contributed by atoms with Gasteiger partial charge in [-0.15, -0.1) is 0 Å². The maximum atomic E-state index is 12.8. The van der Waals surface area contributed by atoms with E-state index in [1.165, 1.54) is 17.7 Å². The summed E-state index contributed by atoms with van der Waals surface area (Å²) in [5, 5.41) is 2.74. The minimum Gasteiger partial charge on any atom is -0.352 e. The van der Waals surface area contributed by atoms with Crippen LogP contribution in [-0.2, 0) is 16.8 Å². The number of amides is 1. The zero-order valence-electron chi connectivity index (χ0n) is 14.9. The Kier molecular flexibility index (Phi) is 6.07. The summed E-state index contributed by atoms with van der Waals surface area (Å²) in [6, 6.07) is 13.5. The van der Waals surface area contributed by atoms with Gasteiger partial charge in [0.15, 0.2) is 5.78 Å². The molecule has 0 aliphatic carbocycles. The van der Waals surface area contributed by atoms with Gasteiger partial charge in [0.05, 0.1) is 0 Å². The molecule has 0 fully saturated rings. The molecule has 1 amide bonds. The molecule has 0 aromatic heterocycles. The van der Waals surface area contributed by atoms with Crippen LogP contribution in [0.15, 0.2) is 48.5 Å². The highest BCUT2D eigenvalue weighted by atomic mass is 19.1. The molecule has 25 heavy (non-hydrogen) atoms. The average Bonchev–Trinajstić information content (AvgIpc) is 2.58. The van der Waals surface area contributed by atoms with Crippen molar-refractivity contribution in [3.63, 3.8) is 0 Å². The molecule has 0 atom stereocenters. The molecule has 0 spiro atoms. The van der Waals surface area contributed by atoms with Crippen LogP contribution in [0, 0.1) is 5.82 Å². The Hall–Kier alpha value is -2.49. The first kappa shape index (κ1) is 18.8. The zero-order chi connectivity index (χ0) is 18.4. The molecule has 2 rings (SSSR count). The first-order valence-corrected chi connectivity index (χ1v) is 8.40. The van der Waals surface area contributed by atoms with Gasteiger partial charge in [-0.05, 0) is 28.7 Å². The second kappa shape index (κ2) is 8.06. The molecule has 0 bridgehead atoms. The predicted octanol–water partition coefficient (Wildman–Crippen LogP) is 4.40. The van der Waals surface area contributed by atoms with Crippen molar-refractivity contribution in [1.82, 2.24) is 5.32 Å². The lowest BCUT2D eigenvalue weighted by Gasteiger charge is -2.18. The van der Waals surface area contributed by atoms with E-state index in [-0.39, 0.29) is 35.8 Å². The normalized spacial score (nSPS) is 11.2. The van der Waals surface area contributed by atoms with Gasteiger partial charge in [0.25, 0.3) is 0 Å². The molecule has 0 saturated heterocycles. The molecule has 0 aliphatic rings. The second-order valence-corrected chi connectivity index (χ2v) is 7.15. The first-order chi connectivity index (χ1) is 11.8. The van der Waals surface area contributed by atoms with Crippen LogP contribution in [0.3, 0.4) is 0 Å². The van der Waals surface area contributed by atoms with Gasteiger partial charge in [0.1, 0.15) is 5.82 Å². The SMILES string of the molecule is CC(C)(C)c1ccc(C(=O)CCC(=O)NCc2ccc(F)cc2)cc1. The summed E-state index contributed by atoms with van der Waals surface area (Å²) in [6.45, 7) is 6.69. The Labute approximate surface area is 148 Å². The van der Waals surface area contributed by atoms with Crippen LogP contribution in [0.2, 0.25) is 0 Å². The summed E-state index contributed by atoms with van der Waals surface area (Å²) in [5.41, 5.74) is 2.65. The van der Waals surface area contributed by atoms with Gasteiger partial charge in [-0.3, -0.25) is 9.59 Å². The van der Waals surface area contributed by atoms with E-state index in [1.54, 1.807) is 12.1 Å². The van der Waals surface area contributed by atoms with Crippen LogP contribution in [0.5, 0.6) is 0 Å². The summed E-state index contributed by atoms with van der Waals surface area (Å²) < 4.78 is 12.8. The minimum absolute atomic E-state index is 0.0435. The number of ketones is 1. The maximum absolute atomic E-state index is 12.8. The lowest BCUT2D eigenvalue weighted by atomic mass is 9.86. The van der Waals surface area contributed by atoms with E-state index in [1.807, 2.05) is 24.3 Å². The molecule has 0 unspecified atom stereocenters. The summed E-state index contributed by atoms with van der Waals surface area (Å²) >= 11 is 0. The third-order valence-electron chi connectivity index (χ3n) is 4.05. The number of Topliss-reactive ketones (excluding diaryl/α,β-unsaturated/α-hetero) is 1. The number of carbonyl (C=O) groups excluding carboxylic acids is 2. The first-order valence-electron chi connectivity index (χ1n) is 8.40. The zero-order valence-corrected chi connectivity index (χ0v) is 14.9. The molecule has 0 heterocycles. The summed E-state index contributed by atoms with van der Waals surface area (Å²) in [7, 11) is 0. The number of rotatable bonds is 6. The predicted molar refractivity (Wildman–Crippen MR) is 97.0 cm³/mol. The van der Waals surface area contributed by atoms with Gasteiger partial charge in [-0.25, -0.2) is 4.39 Å². The van der Waals surface area contributed by atoms with E-state index < -0.39 is 0 Å². The summed E-state index contributed by atoms with van der Waals surface area (Å²) in [5.74, 6) is -0.542.